The Balaban J connectivity index is 1.73. The van der Waals surface area contributed by atoms with Crippen molar-refractivity contribution in [3.8, 4) is 0 Å². The Bertz CT molecular complexity index is 541. The molecule has 0 unspecified atom stereocenters. The van der Waals surface area contributed by atoms with Crippen molar-refractivity contribution in [2.75, 3.05) is 11.9 Å². The predicted octanol–water partition coefficient (Wildman–Crippen LogP) is 1.94. The van der Waals surface area contributed by atoms with Gasteiger partial charge in [-0.2, -0.15) is 0 Å². The van der Waals surface area contributed by atoms with Crippen LogP contribution < -0.4 is 10.6 Å². The van der Waals surface area contributed by atoms with E-state index in [0.29, 0.717) is 12.2 Å². The van der Waals surface area contributed by atoms with Gasteiger partial charge >= 0.3 is 6.03 Å². The van der Waals surface area contributed by atoms with Gasteiger partial charge in [-0.3, -0.25) is 4.98 Å². The van der Waals surface area contributed by atoms with Crippen LogP contribution in [0.5, 0.6) is 0 Å². The Morgan fingerprint density at radius 2 is 1.90 bits per heavy atom. The van der Waals surface area contributed by atoms with Crippen LogP contribution in [0.3, 0.4) is 0 Å². The first-order chi connectivity index (χ1) is 9.78. The summed E-state index contributed by atoms with van der Waals surface area (Å²) in [5, 5.41) is 14.4. The molecule has 2 aromatic rings. The van der Waals surface area contributed by atoms with Crippen molar-refractivity contribution >= 4 is 11.7 Å². The number of carbonyl (C=O) groups is 1. The fourth-order valence-corrected chi connectivity index (χ4v) is 1.74. The van der Waals surface area contributed by atoms with Crippen molar-refractivity contribution in [1.82, 2.24) is 10.3 Å². The molecule has 0 saturated carbocycles. The first-order valence-electron chi connectivity index (χ1n) is 6.41. The summed E-state index contributed by atoms with van der Waals surface area (Å²) in [5.41, 5.74) is 2.66. The van der Waals surface area contributed by atoms with Crippen LogP contribution in [-0.2, 0) is 13.0 Å². The quantitative estimate of drug-likeness (QED) is 0.778. The zero-order valence-corrected chi connectivity index (χ0v) is 11.0. The SMILES string of the molecule is O=C(NCCc1ccc(CO)cc1)Nc1cccnc1. The summed E-state index contributed by atoms with van der Waals surface area (Å²) in [7, 11) is 0. The molecule has 3 N–H and O–H groups in total. The van der Waals surface area contributed by atoms with Crippen LogP contribution in [0.25, 0.3) is 0 Å². The summed E-state index contributed by atoms with van der Waals surface area (Å²) in [4.78, 5) is 15.5. The van der Waals surface area contributed by atoms with Crippen LogP contribution in [0.15, 0.2) is 48.8 Å². The van der Waals surface area contributed by atoms with Crippen molar-refractivity contribution < 1.29 is 9.90 Å². The maximum Gasteiger partial charge on any atom is 0.319 e. The fraction of sp³-hybridized carbons (Fsp3) is 0.200. The molecule has 1 heterocycles. The lowest BCUT2D eigenvalue weighted by Crippen LogP contribution is -2.30. The molecule has 5 heteroatoms. The van der Waals surface area contributed by atoms with E-state index in [1.54, 1.807) is 24.5 Å². The molecule has 0 aliphatic carbocycles. The van der Waals surface area contributed by atoms with Crippen LogP contribution in [0.2, 0.25) is 0 Å². The molecule has 2 rings (SSSR count). The van der Waals surface area contributed by atoms with Crippen LogP contribution in [0, 0.1) is 0 Å². The average molecular weight is 271 g/mol. The van der Waals surface area contributed by atoms with Crippen LogP contribution in [0.4, 0.5) is 10.5 Å². The van der Waals surface area contributed by atoms with E-state index in [0.717, 1.165) is 17.5 Å². The highest BCUT2D eigenvalue weighted by Gasteiger charge is 2.01. The predicted molar refractivity (Wildman–Crippen MR) is 77.3 cm³/mol. The maximum atomic E-state index is 11.6. The second-order valence-electron chi connectivity index (χ2n) is 4.35. The molecule has 0 aliphatic heterocycles. The average Bonchev–Trinajstić information content (AvgIpc) is 2.49. The van der Waals surface area contributed by atoms with Gasteiger partial charge in [0.1, 0.15) is 0 Å². The standard InChI is InChI=1S/C15H17N3O2/c19-11-13-5-3-12(4-6-13)7-9-17-15(20)18-14-2-1-8-16-10-14/h1-6,8,10,19H,7,9,11H2,(H2,17,18,20). The van der Waals surface area contributed by atoms with Crippen LogP contribution in [-0.4, -0.2) is 22.7 Å². The summed E-state index contributed by atoms with van der Waals surface area (Å²) < 4.78 is 0. The van der Waals surface area contributed by atoms with E-state index in [4.69, 9.17) is 5.11 Å². The second-order valence-corrected chi connectivity index (χ2v) is 4.35. The van der Waals surface area contributed by atoms with Gasteiger partial charge < -0.3 is 15.7 Å². The molecular formula is C15H17N3O2. The zero-order valence-electron chi connectivity index (χ0n) is 11.0. The van der Waals surface area contributed by atoms with Crippen molar-refractivity contribution in [1.29, 1.82) is 0 Å². The highest BCUT2D eigenvalue weighted by Crippen LogP contribution is 2.05. The van der Waals surface area contributed by atoms with Crippen molar-refractivity contribution in [3.05, 3.63) is 59.9 Å². The Morgan fingerprint density at radius 1 is 1.15 bits per heavy atom. The van der Waals surface area contributed by atoms with Crippen molar-refractivity contribution in [2.45, 2.75) is 13.0 Å². The third kappa shape index (κ3) is 4.37. The molecule has 5 nitrogen and oxygen atoms in total. The highest BCUT2D eigenvalue weighted by molar-refractivity contribution is 5.88. The number of amides is 2. The minimum atomic E-state index is -0.245. The van der Waals surface area contributed by atoms with Gasteiger partial charge in [-0.05, 0) is 29.7 Å². The number of aromatic nitrogens is 1. The van der Waals surface area contributed by atoms with Gasteiger partial charge in [0, 0.05) is 12.7 Å². The largest absolute Gasteiger partial charge is 0.392 e. The Labute approximate surface area is 117 Å². The first-order valence-corrected chi connectivity index (χ1v) is 6.41. The molecule has 1 aromatic carbocycles. The number of nitrogens with zero attached hydrogens (tertiary/aromatic N) is 1. The molecule has 0 spiro atoms. The van der Waals surface area contributed by atoms with Gasteiger partial charge in [-0.1, -0.05) is 24.3 Å². The molecule has 0 radical (unpaired) electrons. The van der Waals surface area contributed by atoms with Gasteiger partial charge in [0.2, 0.25) is 0 Å². The summed E-state index contributed by atoms with van der Waals surface area (Å²) >= 11 is 0. The minimum absolute atomic E-state index is 0.0477. The molecule has 2 amide bonds. The van der Waals surface area contributed by atoms with E-state index in [2.05, 4.69) is 15.6 Å². The monoisotopic (exact) mass is 271 g/mol. The zero-order chi connectivity index (χ0) is 14.2. The van der Waals surface area contributed by atoms with Gasteiger partial charge in [0.25, 0.3) is 0 Å². The number of carbonyl (C=O) groups excluding carboxylic acids is 1. The summed E-state index contributed by atoms with van der Waals surface area (Å²) in [5.74, 6) is 0. The topological polar surface area (TPSA) is 74.2 Å². The van der Waals surface area contributed by atoms with E-state index in [1.807, 2.05) is 24.3 Å². The van der Waals surface area contributed by atoms with Crippen LogP contribution >= 0.6 is 0 Å². The number of benzene rings is 1. The number of pyridine rings is 1. The molecule has 20 heavy (non-hydrogen) atoms. The first kappa shape index (κ1) is 14.0. The number of aliphatic hydroxyl groups is 1. The smallest absolute Gasteiger partial charge is 0.319 e. The highest BCUT2D eigenvalue weighted by atomic mass is 16.3. The van der Waals surface area contributed by atoms with E-state index in [-0.39, 0.29) is 12.6 Å². The minimum Gasteiger partial charge on any atom is -0.392 e. The maximum absolute atomic E-state index is 11.6. The number of urea groups is 1. The number of hydrogen-bond donors (Lipinski definition) is 3. The molecule has 0 aliphatic rings. The van der Waals surface area contributed by atoms with Gasteiger partial charge in [0.15, 0.2) is 0 Å². The van der Waals surface area contributed by atoms with E-state index < -0.39 is 0 Å². The summed E-state index contributed by atoms with van der Waals surface area (Å²) in [6.07, 6.45) is 3.98. The van der Waals surface area contributed by atoms with E-state index in [1.165, 1.54) is 0 Å². The number of aliphatic hydroxyl groups excluding tert-OH is 1. The molecule has 1 aromatic heterocycles. The third-order valence-corrected chi connectivity index (χ3v) is 2.82. The molecule has 0 saturated heterocycles. The van der Waals surface area contributed by atoms with Gasteiger partial charge in [-0.15, -0.1) is 0 Å². The van der Waals surface area contributed by atoms with E-state index in [9.17, 15) is 4.79 Å². The number of anilines is 1. The summed E-state index contributed by atoms with van der Waals surface area (Å²) in [6, 6.07) is 11.0. The molecule has 104 valence electrons. The number of nitrogens with one attached hydrogen (secondary N) is 2. The van der Waals surface area contributed by atoms with E-state index >= 15 is 0 Å². The molecule has 0 fully saturated rings. The lowest BCUT2D eigenvalue weighted by Gasteiger charge is -2.07. The van der Waals surface area contributed by atoms with Crippen molar-refractivity contribution in [2.24, 2.45) is 0 Å². The molecule has 0 atom stereocenters. The Hall–Kier alpha value is -2.40. The molecular weight excluding hydrogens is 254 g/mol. The molecule has 0 bridgehead atoms. The number of hydrogen-bond acceptors (Lipinski definition) is 3. The Kier molecular flexibility index (Phi) is 5.08. The lowest BCUT2D eigenvalue weighted by molar-refractivity contribution is 0.252. The second kappa shape index (κ2) is 7.25. The van der Waals surface area contributed by atoms with Gasteiger partial charge in [0.05, 0.1) is 18.5 Å². The Morgan fingerprint density at radius 3 is 2.55 bits per heavy atom. The lowest BCUT2D eigenvalue weighted by atomic mass is 10.1. The summed E-state index contributed by atoms with van der Waals surface area (Å²) in [6.45, 7) is 0.594. The fourth-order valence-electron chi connectivity index (χ4n) is 1.74. The van der Waals surface area contributed by atoms with Crippen LogP contribution in [0.1, 0.15) is 11.1 Å². The van der Waals surface area contributed by atoms with Gasteiger partial charge in [-0.25, -0.2) is 4.79 Å². The van der Waals surface area contributed by atoms with Crippen molar-refractivity contribution in [3.63, 3.8) is 0 Å². The normalized spacial score (nSPS) is 10.1. The third-order valence-electron chi connectivity index (χ3n) is 2.82. The number of rotatable bonds is 5.